The van der Waals surface area contributed by atoms with E-state index in [9.17, 15) is 22.3 Å². The zero-order chi connectivity index (χ0) is 20.9. The summed E-state index contributed by atoms with van der Waals surface area (Å²) < 4.78 is 52.5. The van der Waals surface area contributed by atoms with Crippen LogP contribution in [0, 0.1) is 17.6 Å². The molecule has 28 heavy (non-hydrogen) atoms. The van der Waals surface area contributed by atoms with Crippen LogP contribution in [0.2, 0.25) is 0 Å². The van der Waals surface area contributed by atoms with Crippen molar-refractivity contribution in [3.63, 3.8) is 0 Å². The van der Waals surface area contributed by atoms with Gasteiger partial charge < -0.3 is 10.4 Å². The van der Waals surface area contributed by atoms with Crippen molar-refractivity contribution >= 4 is 33.4 Å². The first-order chi connectivity index (χ1) is 13.1. The van der Waals surface area contributed by atoms with Crippen molar-refractivity contribution in [3.8, 4) is 0 Å². The molecule has 1 aromatic carbocycles. The van der Waals surface area contributed by atoms with Gasteiger partial charge in [-0.25, -0.2) is 27.2 Å². The van der Waals surface area contributed by atoms with Gasteiger partial charge in [0.05, 0.1) is 18.9 Å². The van der Waals surface area contributed by atoms with Crippen LogP contribution in [0.5, 0.6) is 0 Å². The van der Waals surface area contributed by atoms with Crippen LogP contribution < -0.4 is 10.0 Å². The number of benzene rings is 1. The number of nitrogens with one attached hydrogen (secondary N) is 2. The highest BCUT2D eigenvalue weighted by Gasteiger charge is 2.16. The second-order valence-corrected chi connectivity index (χ2v) is 9.17. The SMILES string of the molecule is CC(C)[C@H](CO)Nc1cc(NS(C)(=O)=O)nc(SCc2cccc(F)c2F)n1. The molecule has 11 heteroatoms. The highest BCUT2D eigenvalue weighted by atomic mass is 32.2. The third-order valence-corrected chi connectivity index (χ3v) is 5.19. The number of anilines is 2. The van der Waals surface area contributed by atoms with Crippen LogP contribution in [0.4, 0.5) is 20.4 Å². The molecule has 1 heterocycles. The lowest BCUT2D eigenvalue weighted by molar-refractivity contribution is 0.249. The lowest BCUT2D eigenvalue weighted by atomic mass is 10.1. The van der Waals surface area contributed by atoms with Crippen molar-refractivity contribution in [2.75, 3.05) is 22.9 Å². The zero-order valence-electron chi connectivity index (χ0n) is 15.6. The molecule has 2 aromatic rings. The van der Waals surface area contributed by atoms with Gasteiger partial charge in [-0.3, -0.25) is 4.72 Å². The molecular formula is C17H22F2N4O3S2. The fourth-order valence-electron chi connectivity index (χ4n) is 2.22. The van der Waals surface area contributed by atoms with Crippen molar-refractivity contribution in [3.05, 3.63) is 41.5 Å². The summed E-state index contributed by atoms with van der Waals surface area (Å²) in [6, 6.07) is 4.97. The largest absolute Gasteiger partial charge is 0.394 e. The number of hydrogen-bond donors (Lipinski definition) is 3. The van der Waals surface area contributed by atoms with Gasteiger partial charge in [-0.15, -0.1) is 0 Å². The minimum absolute atomic E-state index is 0.0302. The van der Waals surface area contributed by atoms with Crippen molar-refractivity contribution in [1.82, 2.24) is 9.97 Å². The van der Waals surface area contributed by atoms with Crippen molar-refractivity contribution in [1.29, 1.82) is 0 Å². The monoisotopic (exact) mass is 432 g/mol. The number of halogens is 2. The molecule has 0 spiro atoms. The molecule has 3 N–H and O–H groups in total. The topological polar surface area (TPSA) is 104 Å². The van der Waals surface area contributed by atoms with Gasteiger partial charge in [0.2, 0.25) is 10.0 Å². The van der Waals surface area contributed by atoms with Gasteiger partial charge in [0, 0.05) is 17.4 Å². The van der Waals surface area contributed by atoms with E-state index >= 15 is 0 Å². The first-order valence-corrected chi connectivity index (χ1v) is 11.3. The van der Waals surface area contributed by atoms with E-state index in [2.05, 4.69) is 20.0 Å². The average molecular weight is 433 g/mol. The predicted molar refractivity (Wildman–Crippen MR) is 106 cm³/mol. The second-order valence-electron chi connectivity index (χ2n) is 6.47. The molecule has 2 rings (SSSR count). The van der Waals surface area contributed by atoms with E-state index in [1.54, 1.807) is 0 Å². The summed E-state index contributed by atoms with van der Waals surface area (Å²) in [5, 5.41) is 12.7. The summed E-state index contributed by atoms with van der Waals surface area (Å²) in [5.74, 6) is -1.42. The number of hydrogen-bond acceptors (Lipinski definition) is 7. The van der Waals surface area contributed by atoms with Crippen LogP contribution in [-0.2, 0) is 15.8 Å². The highest BCUT2D eigenvalue weighted by molar-refractivity contribution is 7.98. The Labute approximate surface area is 167 Å². The minimum Gasteiger partial charge on any atom is -0.394 e. The van der Waals surface area contributed by atoms with Gasteiger partial charge in [-0.05, 0) is 12.0 Å². The second kappa shape index (κ2) is 9.48. The molecule has 0 aliphatic carbocycles. The van der Waals surface area contributed by atoms with Crippen LogP contribution in [0.25, 0.3) is 0 Å². The molecule has 0 saturated carbocycles. The van der Waals surface area contributed by atoms with E-state index < -0.39 is 21.7 Å². The fourth-order valence-corrected chi connectivity index (χ4v) is 3.54. The quantitative estimate of drug-likeness (QED) is 0.413. The molecular weight excluding hydrogens is 410 g/mol. The van der Waals surface area contributed by atoms with E-state index in [-0.39, 0.29) is 40.9 Å². The van der Waals surface area contributed by atoms with Crippen LogP contribution in [-0.4, -0.2) is 42.4 Å². The number of sulfonamides is 1. The highest BCUT2D eigenvalue weighted by Crippen LogP contribution is 2.26. The number of aromatic nitrogens is 2. The molecule has 0 radical (unpaired) electrons. The number of aliphatic hydroxyl groups excluding tert-OH is 1. The third kappa shape index (κ3) is 6.57. The molecule has 0 aliphatic heterocycles. The van der Waals surface area contributed by atoms with E-state index in [1.807, 2.05) is 13.8 Å². The van der Waals surface area contributed by atoms with Gasteiger partial charge in [0.15, 0.2) is 16.8 Å². The molecule has 0 unspecified atom stereocenters. The Morgan fingerprint density at radius 2 is 1.89 bits per heavy atom. The first-order valence-electron chi connectivity index (χ1n) is 8.39. The smallest absolute Gasteiger partial charge is 0.230 e. The lowest BCUT2D eigenvalue weighted by Crippen LogP contribution is -2.30. The maximum absolute atomic E-state index is 13.8. The Morgan fingerprint density at radius 1 is 1.21 bits per heavy atom. The maximum atomic E-state index is 13.8. The van der Waals surface area contributed by atoms with Crippen LogP contribution in [0.3, 0.4) is 0 Å². The van der Waals surface area contributed by atoms with Crippen molar-refractivity contribution < 1.29 is 22.3 Å². The minimum atomic E-state index is -3.58. The molecule has 0 bridgehead atoms. The van der Waals surface area contributed by atoms with E-state index in [1.165, 1.54) is 18.2 Å². The van der Waals surface area contributed by atoms with E-state index in [4.69, 9.17) is 0 Å². The molecule has 0 saturated heterocycles. The molecule has 1 atom stereocenters. The lowest BCUT2D eigenvalue weighted by Gasteiger charge is -2.21. The van der Waals surface area contributed by atoms with Gasteiger partial charge in [0.25, 0.3) is 0 Å². The van der Waals surface area contributed by atoms with Gasteiger partial charge >= 0.3 is 0 Å². The molecule has 154 valence electrons. The number of thioether (sulfide) groups is 1. The van der Waals surface area contributed by atoms with Crippen LogP contribution in [0.15, 0.2) is 29.4 Å². The molecule has 0 aliphatic rings. The van der Waals surface area contributed by atoms with Crippen molar-refractivity contribution in [2.24, 2.45) is 5.92 Å². The normalized spacial score (nSPS) is 12.8. The summed E-state index contributed by atoms with van der Waals surface area (Å²) in [7, 11) is -3.58. The van der Waals surface area contributed by atoms with E-state index in [0.29, 0.717) is 5.82 Å². The number of rotatable bonds is 9. The van der Waals surface area contributed by atoms with Crippen LogP contribution >= 0.6 is 11.8 Å². The Bertz CT molecular complexity index is 927. The Kier molecular flexibility index (Phi) is 7.55. The Morgan fingerprint density at radius 3 is 2.50 bits per heavy atom. The predicted octanol–water partition coefficient (Wildman–Crippen LogP) is 2.85. The van der Waals surface area contributed by atoms with Gasteiger partial charge in [-0.2, -0.15) is 0 Å². The number of nitrogens with zero attached hydrogens (tertiary/aromatic N) is 2. The maximum Gasteiger partial charge on any atom is 0.230 e. The number of aliphatic hydroxyl groups is 1. The summed E-state index contributed by atoms with van der Waals surface area (Å²) in [6.45, 7) is 3.67. The summed E-state index contributed by atoms with van der Waals surface area (Å²) >= 11 is 1.03. The Balaban J connectivity index is 2.29. The molecule has 0 amide bonds. The summed E-state index contributed by atoms with van der Waals surface area (Å²) in [4.78, 5) is 8.39. The van der Waals surface area contributed by atoms with Gasteiger partial charge in [0.1, 0.15) is 11.6 Å². The molecule has 1 aromatic heterocycles. The Hall–Kier alpha value is -1.98. The van der Waals surface area contributed by atoms with Gasteiger partial charge in [-0.1, -0.05) is 37.7 Å². The van der Waals surface area contributed by atoms with E-state index in [0.717, 1.165) is 24.1 Å². The molecule has 0 fully saturated rings. The summed E-state index contributed by atoms with van der Waals surface area (Å²) in [6.07, 6.45) is 0.988. The first kappa shape index (κ1) is 22.3. The van der Waals surface area contributed by atoms with Crippen LogP contribution in [0.1, 0.15) is 19.4 Å². The zero-order valence-corrected chi connectivity index (χ0v) is 17.2. The standard InChI is InChI=1S/C17H22F2N4O3S2/c1-10(2)13(8-24)20-14-7-15(23-28(3,25)26)22-17(21-14)27-9-11-5-4-6-12(18)16(11)19/h4-7,10,13,24H,8-9H2,1-3H3,(H2,20,21,22,23)/t13-/m0/s1. The average Bonchev–Trinajstić information content (AvgIpc) is 2.59. The fraction of sp³-hybridized carbons (Fsp3) is 0.412. The molecule has 7 nitrogen and oxygen atoms in total. The summed E-state index contributed by atoms with van der Waals surface area (Å²) in [5.41, 5.74) is 0.139. The van der Waals surface area contributed by atoms with Crippen molar-refractivity contribution in [2.45, 2.75) is 30.8 Å². The third-order valence-electron chi connectivity index (χ3n) is 3.72.